The Morgan fingerprint density at radius 1 is 1.36 bits per heavy atom. The van der Waals surface area contributed by atoms with E-state index in [9.17, 15) is 4.79 Å². The van der Waals surface area contributed by atoms with E-state index >= 15 is 0 Å². The lowest BCUT2D eigenvalue weighted by Crippen LogP contribution is -2.40. The summed E-state index contributed by atoms with van der Waals surface area (Å²) < 4.78 is 0. The molecule has 1 saturated heterocycles. The standard InChI is InChI=1S/C19H23ClN4O/c1-3-15-6-4-5-11-24(15)19-21-10-9-17(23-19)18(25)22-14-8-7-13(2)16(20)12-14/h7-10,12,15H,3-6,11H2,1-2H3,(H,22,25). The van der Waals surface area contributed by atoms with Gasteiger partial charge < -0.3 is 10.2 Å². The van der Waals surface area contributed by atoms with Gasteiger partial charge in [-0.05, 0) is 56.4 Å². The molecule has 3 rings (SSSR count). The molecule has 0 saturated carbocycles. The largest absolute Gasteiger partial charge is 0.338 e. The topological polar surface area (TPSA) is 58.1 Å². The summed E-state index contributed by atoms with van der Waals surface area (Å²) in [7, 11) is 0. The van der Waals surface area contributed by atoms with Crippen molar-refractivity contribution in [1.29, 1.82) is 0 Å². The van der Waals surface area contributed by atoms with E-state index in [4.69, 9.17) is 11.6 Å². The van der Waals surface area contributed by atoms with Crippen molar-refractivity contribution in [3.05, 3.63) is 46.7 Å². The number of carbonyl (C=O) groups excluding carboxylic acids is 1. The molecular formula is C19H23ClN4O. The van der Waals surface area contributed by atoms with Crippen LogP contribution in [0.15, 0.2) is 30.5 Å². The number of nitrogens with one attached hydrogen (secondary N) is 1. The average Bonchev–Trinajstić information content (AvgIpc) is 2.64. The minimum absolute atomic E-state index is 0.256. The van der Waals surface area contributed by atoms with E-state index in [-0.39, 0.29) is 5.91 Å². The predicted molar refractivity (Wildman–Crippen MR) is 101 cm³/mol. The molecule has 0 aliphatic carbocycles. The zero-order valence-electron chi connectivity index (χ0n) is 14.6. The maximum absolute atomic E-state index is 12.5. The van der Waals surface area contributed by atoms with Crippen molar-refractivity contribution < 1.29 is 4.79 Å². The van der Waals surface area contributed by atoms with Gasteiger partial charge in [0.1, 0.15) is 5.69 Å². The summed E-state index contributed by atoms with van der Waals surface area (Å²) in [6.07, 6.45) is 6.24. The Morgan fingerprint density at radius 3 is 2.96 bits per heavy atom. The molecule has 1 aromatic heterocycles. The molecule has 6 heteroatoms. The first kappa shape index (κ1) is 17.7. The lowest BCUT2D eigenvalue weighted by molar-refractivity contribution is 0.102. The van der Waals surface area contributed by atoms with Crippen LogP contribution in [0.2, 0.25) is 5.02 Å². The second kappa shape index (κ2) is 7.83. The summed E-state index contributed by atoms with van der Waals surface area (Å²) in [5, 5.41) is 3.47. The molecular weight excluding hydrogens is 336 g/mol. The molecule has 2 heterocycles. The van der Waals surface area contributed by atoms with Gasteiger partial charge in [0.2, 0.25) is 5.95 Å². The zero-order valence-corrected chi connectivity index (χ0v) is 15.4. The van der Waals surface area contributed by atoms with Gasteiger partial charge in [0.15, 0.2) is 0 Å². The van der Waals surface area contributed by atoms with Gasteiger partial charge in [0, 0.05) is 29.5 Å². The number of carbonyl (C=O) groups is 1. The lowest BCUT2D eigenvalue weighted by atomic mass is 10.0. The van der Waals surface area contributed by atoms with Crippen molar-refractivity contribution in [3.8, 4) is 0 Å². The van der Waals surface area contributed by atoms with E-state index in [2.05, 4.69) is 27.1 Å². The lowest BCUT2D eigenvalue weighted by Gasteiger charge is -2.35. The second-order valence-corrected chi connectivity index (χ2v) is 6.82. The molecule has 5 nitrogen and oxygen atoms in total. The van der Waals surface area contributed by atoms with Crippen LogP contribution >= 0.6 is 11.6 Å². The number of aryl methyl sites for hydroxylation is 1. The molecule has 1 amide bonds. The molecule has 1 unspecified atom stereocenters. The first-order chi connectivity index (χ1) is 12.1. The van der Waals surface area contributed by atoms with Gasteiger partial charge in [-0.15, -0.1) is 0 Å². The highest BCUT2D eigenvalue weighted by atomic mass is 35.5. The number of hydrogen-bond donors (Lipinski definition) is 1. The third-order valence-corrected chi connectivity index (χ3v) is 5.07. The van der Waals surface area contributed by atoms with Crippen LogP contribution in [0.25, 0.3) is 0 Å². The Balaban J connectivity index is 1.78. The molecule has 0 spiro atoms. The fourth-order valence-corrected chi connectivity index (χ4v) is 3.35. The minimum atomic E-state index is -0.256. The smallest absolute Gasteiger partial charge is 0.274 e. The Morgan fingerprint density at radius 2 is 2.20 bits per heavy atom. The maximum Gasteiger partial charge on any atom is 0.274 e. The molecule has 0 bridgehead atoms. The van der Waals surface area contributed by atoms with Crippen LogP contribution in [0.5, 0.6) is 0 Å². The second-order valence-electron chi connectivity index (χ2n) is 6.41. The SMILES string of the molecule is CCC1CCCCN1c1nccc(C(=O)Nc2ccc(C)c(Cl)c2)n1. The van der Waals surface area contributed by atoms with Crippen LogP contribution in [0.4, 0.5) is 11.6 Å². The zero-order chi connectivity index (χ0) is 17.8. The number of piperidine rings is 1. The molecule has 1 atom stereocenters. The van der Waals surface area contributed by atoms with Gasteiger partial charge in [-0.1, -0.05) is 24.6 Å². The van der Waals surface area contributed by atoms with Crippen LogP contribution in [0.1, 0.15) is 48.7 Å². The Labute approximate surface area is 153 Å². The fraction of sp³-hybridized carbons (Fsp3) is 0.421. The molecule has 132 valence electrons. The van der Waals surface area contributed by atoms with E-state index in [1.807, 2.05) is 19.1 Å². The highest BCUT2D eigenvalue weighted by Gasteiger charge is 2.23. The molecule has 0 radical (unpaired) electrons. The fourth-order valence-electron chi connectivity index (χ4n) is 3.17. The molecule has 1 aliphatic rings. The van der Waals surface area contributed by atoms with E-state index in [0.717, 1.165) is 31.4 Å². The number of rotatable bonds is 4. The Bertz CT molecular complexity index is 765. The maximum atomic E-state index is 12.5. The van der Waals surface area contributed by atoms with E-state index < -0.39 is 0 Å². The third kappa shape index (κ3) is 4.10. The quantitative estimate of drug-likeness (QED) is 0.876. The highest BCUT2D eigenvalue weighted by molar-refractivity contribution is 6.31. The Kier molecular flexibility index (Phi) is 5.53. The third-order valence-electron chi connectivity index (χ3n) is 4.66. The normalized spacial score (nSPS) is 17.4. The van der Waals surface area contributed by atoms with E-state index in [1.165, 1.54) is 6.42 Å². The van der Waals surface area contributed by atoms with Gasteiger partial charge in [-0.2, -0.15) is 0 Å². The van der Waals surface area contributed by atoms with E-state index in [0.29, 0.717) is 28.4 Å². The van der Waals surface area contributed by atoms with Crippen LogP contribution < -0.4 is 10.2 Å². The number of anilines is 2. The Hall–Kier alpha value is -2.14. The minimum Gasteiger partial charge on any atom is -0.338 e. The van der Waals surface area contributed by atoms with Gasteiger partial charge in [0.25, 0.3) is 5.91 Å². The summed E-state index contributed by atoms with van der Waals surface area (Å²) in [5.74, 6) is 0.384. The molecule has 2 aromatic rings. The van der Waals surface area contributed by atoms with Crippen LogP contribution in [0.3, 0.4) is 0 Å². The number of halogens is 1. The molecule has 1 fully saturated rings. The summed E-state index contributed by atoms with van der Waals surface area (Å²) in [6.45, 7) is 5.05. The summed E-state index contributed by atoms with van der Waals surface area (Å²) in [4.78, 5) is 23.6. The number of hydrogen-bond acceptors (Lipinski definition) is 4. The first-order valence-corrected chi connectivity index (χ1v) is 9.13. The van der Waals surface area contributed by atoms with Gasteiger partial charge in [-0.25, -0.2) is 9.97 Å². The molecule has 1 aromatic carbocycles. The summed E-state index contributed by atoms with van der Waals surface area (Å²) in [5.41, 5.74) is 1.99. The van der Waals surface area contributed by atoms with Gasteiger partial charge in [0.05, 0.1) is 0 Å². The van der Waals surface area contributed by atoms with Crippen LogP contribution in [-0.4, -0.2) is 28.5 Å². The van der Waals surface area contributed by atoms with Crippen molar-refractivity contribution in [2.45, 2.75) is 45.6 Å². The van der Waals surface area contributed by atoms with Crippen LogP contribution in [0, 0.1) is 6.92 Å². The van der Waals surface area contributed by atoms with Crippen molar-refractivity contribution in [1.82, 2.24) is 9.97 Å². The average molecular weight is 359 g/mol. The van der Waals surface area contributed by atoms with Crippen molar-refractivity contribution in [2.75, 3.05) is 16.8 Å². The van der Waals surface area contributed by atoms with Gasteiger partial charge >= 0.3 is 0 Å². The first-order valence-electron chi connectivity index (χ1n) is 8.75. The summed E-state index contributed by atoms with van der Waals surface area (Å²) in [6, 6.07) is 7.54. The van der Waals surface area contributed by atoms with Gasteiger partial charge in [-0.3, -0.25) is 4.79 Å². The van der Waals surface area contributed by atoms with E-state index in [1.54, 1.807) is 18.3 Å². The molecule has 25 heavy (non-hydrogen) atoms. The molecule has 1 N–H and O–H groups in total. The van der Waals surface area contributed by atoms with Crippen LogP contribution in [-0.2, 0) is 0 Å². The number of amides is 1. The number of benzene rings is 1. The summed E-state index contributed by atoms with van der Waals surface area (Å²) >= 11 is 6.12. The predicted octanol–water partition coefficient (Wildman–Crippen LogP) is 4.46. The number of nitrogens with zero attached hydrogens (tertiary/aromatic N) is 3. The highest BCUT2D eigenvalue weighted by Crippen LogP contribution is 2.24. The molecule has 1 aliphatic heterocycles. The van der Waals surface area contributed by atoms with Crippen molar-refractivity contribution in [3.63, 3.8) is 0 Å². The van der Waals surface area contributed by atoms with Crippen molar-refractivity contribution >= 4 is 29.1 Å². The van der Waals surface area contributed by atoms with Crippen molar-refractivity contribution in [2.24, 2.45) is 0 Å². The number of aromatic nitrogens is 2. The monoisotopic (exact) mass is 358 g/mol.